The molecule has 20 heavy (non-hydrogen) atoms. The monoisotopic (exact) mass is 294 g/mol. The highest BCUT2D eigenvalue weighted by Crippen LogP contribution is 2.38. The second kappa shape index (κ2) is 5.84. The normalized spacial score (nSPS) is 26.1. The smallest absolute Gasteiger partial charge is 0.227 e. The van der Waals surface area contributed by atoms with Gasteiger partial charge in [0.1, 0.15) is 0 Å². The third kappa shape index (κ3) is 2.62. The van der Waals surface area contributed by atoms with Crippen molar-refractivity contribution in [3.63, 3.8) is 0 Å². The third-order valence-corrected chi connectivity index (χ3v) is 5.55. The van der Waals surface area contributed by atoms with Crippen LogP contribution in [0.3, 0.4) is 0 Å². The van der Waals surface area contributed by atoms with Gasteiger partial charge in [0.2, 0.25) is 5.91 Å². The number of carbonyl (C=O) groups excluding carboxylic acids is 1. The first-order chi connectivity index (χ1) is 9.73. The maximum Gasteiger partial charge on any atom is 0.227 e. The number of rotatable bonds is 5. The van der Waals surface area contributed by atoms with Crippen LogP contribution >= 0.6 is 11.3 Å². The summed E-state index contributed by atoms with van der Waals surface area (Å²) in [5, 5.41) is 2.03. The summed E-state index contributed by atoms with van der Waals surface area (Å²) in [5.41, 5.74) is 0.254. The number of methoxy groups -OCH3 is 1. The maximum absolute atomic E-state index is 12.4. The van der Waals surface area contributed by atoms with Crippen LogP contribution in [0.25, 0.3) is 0 Å². The Kier molecular flexibility index (Phi) is 4.10. The fraction of sp³-hybridized carbons (Fsp3) is 0.667. The molecule has 0 unspecified atom stereocenters. The van der Waals surface area contributed by atoms with Crippen molar-refractivity contribution in [3.05, 3.63) is 22.4 Å². The van der Waals surface area contributed by atoms with E-state index in [2.05, 4.69) is 9.80 Å². The summed E-state index contributed by atoms with van der Waals surface area (Å²) in [5.74, 6) is 0.280. The molecule has 2 fully saturated rings. The number of amides is 1. The highest BCUT2D eigenvalue weighted by molar-refractivity contribution is 7.10. The topological polar surface area (TPSA) is 32.8 Å². The zero-order valence-corrected chi connectivity index (χ0v) is 12.8. The summed E-state index contributed by atoms with van der Waals surface area (Å²) < 4.78 is 5.17. The van der Waals surface area contributed by atoms with Gasteiger partial charge in [0.15, 0.2) is 0 Å². The number of likely N-dealkylation sites (tertiary alicyclic amines) is 2. The molecule has 0 bridgehead atoms. The highest BCUT2D eigenvalue weighted by atomic mass is 32.1. The summed E-state index contributed by atoms with van der Waals surface area (Å²) in [6, 6.07) is 4.06. The predicted molar refractivity (Wildman–Crippen MR) is 80.0 cm³/mol. The Hall–Kier alpha value is -0.910. The van der Waals surface area contributed by atoms with Gasteiger partial charge >= 0.3 is 0 Å². The maximum atomic E-state index is 12.4. The molecule has 1 atom stereocenters. The van der Waals surface area contributed by atoms with E-state index in [4.69, 9.17) is 4.74 Å². The molecular weight excluding hydrogens is 272 g/mol. The Morgan fingerprint density at radius 1 is 1.45 bits per heavy atom. The molecule has 2 saturated heterocycles. The highest BCUT2D eigenvalue weighted by Gasteiger charge is 2.49. The van der Waals surface area contributed by atoms with E-state index in [1.165, 1.54) is 11.3 Å². The zero-order valence-electron chi connectivity index (χ0n) is 12.0. The average molecular weight is 294 g/mol. The summed E-state index contributed by atoms with van der Waals surface area (Å²) in [4.78, 5) is 18.1. The van der Waals surface area contributed by atoms with Gasteiger partial charge in [0, 0.05) is 43.7 Å². The van der Waals surface area contributed by atoms with Crippen molar-refractivity contribution in [2.45, 2.75) is 24.8 Å². The van der Waals surface area contributed by atoms with E-state index in [1.807, 2.05) is 17.5 Å². The van der Waals surface area contributed by atoms with E-state index in [0.717, 1.165) is 39.2 Å². The van der Waals surface area contributed by atoms with E-state index < -0.39 is 0 Å². The van der Waals surface area contributed by atoms with E-state index in [9.17, 15) is 4.79 Å². The molecule has 1 aromatic heterocycles. The Balaban J connectivity index is 1.55. The SMILES string of the molecule is COCCN1CC[C@]12CCN(C(=O)Cc1cccs1)C2. The molecule has 3 heterocycles. The molecule has 0 radical (unpaired) electrons. The fourth-order valence-corrected chi connectivity index (χ4v) is 4.04. The van der Waals surface area contributed by atoms with Gasteiger partial charge in [-0.25, -0.2) is 0 Å². The Morgan fingerprint density at radius 3 is 2.95 bits per heavy atom. The molecule has 0 aliphatic carbocycles. The lowest BCUT2D eigenvalue weighted by molar-refractivity contribution is -0.130. The van der Waals surface area contributed by atoms with Crippen molar-refractivity contribution in [2.75, 3.05) is 39.9 Å². The first-order valence-electron chi connectivity index (χ1n) is 7.28. The first-order valence-corrected chi connectivity index (χ1v) is 8.16. The number of nitrogens with zero attached hydrogens (tertiary/aromatic N) is 2. The van der Waals surface area contributed by atoms with E-state index in [1.54, 1.807) is 18.4 Å². The van der Waals surface area contributed by atoms with Gasteiger partial charge in [-0.2, -0.15) is 0 Å². The van der Waals surface area contributed by atoms with Gasteiger partial charge in [-0.1, -0.05) is 6.07 Å². The van der Waals surface area contributed by atoms with E-state index >= 15 is 0 Å². The number of carbonyl (C=O) groups is 1. The minimum Gasteiger partial charge on any atom is -0.383 e. The molecular formula is C15H22N2O2S. The second-order valence-electron chi connectivity index (χ2n) is 5.78. The summed E-state index contributed by atoms with van der Waals surface area (Å²) in [7, 11) is 1.75. The van der Waals surface area contributed by atoms with Crippen molar-refractivity contribution in [3.8, 4) is 0 Å². The molecule has 4 nitrogen and oxygen atoms in total. The Morgan fingerprint density at radius 2 is 2.30 bits per heavy atom. The van der Waals surface area contributed by atoms with Crippen molar-refractivity contribution in [1.29, 1.82) is 0 Å². The van der Waals surface area contributed by atoms with Gasteiger partial charge in [0.25, 0.3) is 0 Å². The predicted octanol–water partition coefficient (Wildman–Crippen LogP) is 1.61. The van der Waals surface area contributed by atoms with Crippen molar-refractivity contribution < 1.29 is 9.53 Å². The summed E-state index contributed by atoms with van der Waals surface area (Å²) >= 11 is 1.67. The summed E-state index contributed by atoms with van der Waals surface area (Å²) in [6.45, 7) is 4.74. The van der Waals surface area contributed by atoms with Gasteiger partial charge in [-0.3, -0.25) is 9.69 Å². The largest absolute Gasteiger partial charge is 0.383 e. The molecule has 0 N–H and O–H groups in total. The molecule has 2 aliphatic rings. The standard InChI is InChI=1S/C15H22N2O2S/c1-19-9-8-17-7-5-15(17)4-6-16(12-15)14(18)11-13-3-2-10-20-13/h2-3,10H,4-9,11-12H2,1H3/t15-/m0/s1. The fourth-order valence-electron chi connectivity index (χ4n) is 3.34. The lowest BCUT2D eigenvalue weighted by atomic mass is 9.84. The van der Waals surface area contributed by atoms with Crippen LogP contribution in [0.4, 0.5) is 0 Å². The lowest BCUT2D eigenvalue weighted by Crippen LogP contribution is -2.62. The lowest BCUT2D eigenvalue weighted by Gasteiger charge is -2.50. The number of hydrogen-bond acceptors (Lipinski definition) is 4. The second-order valence-corrected chi connectivity index (χ2v) is 6.81. The van der Waals surface area contributed by atoms with Crippen LogP contribution in [-0.2, 0) is 16.0 Å². The molecule has 110 valence electrons. The van der Waals surface area contributed by atoms with Gasteiger partial charge < -0.3 is 9.64 Å². The zero-order chi connectivity index (χ0) is 14.0. The van der Waals surface area contributed by atoms with Gasteiger partial charge in [0.05, 0.1) is 13.0 Å². The van der Waals surface area contributed by atoms with Crippen molar-refractivity contribution >= 4 is 17.2 Å². The van der Waals surface area contributed by atoms with Gasteiger partial charge in [-0.15, -0.1) is 11.3 Å². The molecule has 0 aromatic carbocycles. The average Bonchev–Trinajstić information content (AvgIpc) is 3.07. The third-order valence-electron chi connectivity index (χ3n) is 4.67. The quantitative estimate of drug-likeness (QED) is 0.827. The molecule has 2 aliphatic heterocycles. The van der Waals surface area contributed by atoms with Gasteiger partial charge in [-0.05, 0) is 24.3 Å². The van der Waals surface area contributed by atoms with Crippen LogP contribution in [0.5, 0.6) is 0 Å². The van der Waals surface area contributed by atoms with Crippen molar-refractivity contribution in [1.82, 2.24) is 9.80 Å². The Bertz CT molecular complexity index is 462. The molecule has 0 saturated carbocycles. The molecule has 1 amide bonds. The minimum absolute atomic E-state index is 0.254. The number of hydrogen-bond donors (Lipinski definition) is 0. The Labute approximate surface area is 124 Å². The number of ether oxygens (including phenoxy) is 1. The molecule has 3 rings (SSSR count). The molecule has 1 aromatic rings. The van der Waals surface area contributed by atoms with Crippen LogP contribution in [0.1, 0.15) is 17.7 Å². The van der Waals surface area contributed by atoms with Crippen molar-refractivity contribution in [2.24, 2.45) is 0 Å². The van der Waals surface area contributed by atoms with Crippen LogP contribution in [-0.4, -0.2) is 61.1 Å². The first kappa shape index (κ1) is 14.0. The van der Waals surface area contributed by atoms with E-state index in [-0.39, 0.29) is 11.4 Å². The van der Waals surface area contributed by atoms with Crippen LogP contribution in [0.15, 0.2) is 17.5 Å². The van der Waals surface area contributed by atoms with Crippen LogP contribution in [0.2, 0.25) is 0 Å². The molecule has 1 spiro atoms. The summed E-state index contributed by atoms with van der Waals surface area (Å²) in [6.07, 6.45) is 2.90. The van der Waals surface area contributed by atoms with Crippen LogP contribution < -0.4 is 0 Å². The number of thiophene rings is 1. The van der Waals surface area contributed by atoms with Crippen LogP contribution in [0, 0.1) is 0 Å². The van der Waals surface area contributed by atoms with E-state index in [0.29, 0.717) is 6.42 Å². The minimum atomic E-state index is 0.254. The molecule has 5 heteroatoms.